The molecule has 2 aliphatic heterocycles. The van der Waals surface area contributed by atoms with E-state index in [1.54, 1.807) is 54.4 Å². The lowest BCUT2D eigenvalue weighted by Crippen LogP contribution is -2.61. The van der Waals surface area contributed by atoms with Crippen molar-refractivity contribution in [2.75, 3.05) is 67.1 Å². The van der Waals surface area contributed by atoms with Gasteiger partial charge in [0.25, 0.3) is 5.91 Å². The van der Waals surface area contributed by atoms with E-state index >= 15 is 0 Å². The molecule has 2 aliphatic rings. The highest BCUT2D eigenvalue weighted by atomic mass is 32.1. The van der Waals surface area contributed by atoms with Crippen molar-refractivity contribution in [2.24, 2.45) is 11.3 Å². The van der Waals surface area contributed by atoms with Crippen LogP contribution in [-0.2, 0) is 43.2 Å². The van der Waals surface area contributed by atoms with Crippen molar-refractivity contribution in [3.05, 3.63) is 70.8 Å². The van der Waals surface area contributed by atoms with E-state index in [9.17, 15) is 32.3 Å². The van der Waals surface area contributed by atoms with E-state index < -0.39 is 42.2 Å². The van der Waals surface area contributed by atoms with Crippen molar-refractivity contribution in [2.45, 2.75) is 91.2 Å². The van der Waals surface area contributed by atoms with Crippen LogP contribution >= 0.6 is 11.3 Å². The van der Waals surface area contributed by atoms with E-state index in [1.165, 1.54) is 39.0 Å². The standard InChI is InChI=1S/C48H64F3N9O6S/c1-10-40(61)57-20-22-58(23-21-57)46(64)56(7)42(30(2)3)44(62)55-36(45(63)60-19-12-11-18-53-60)25-39-54-37(27-67-39)32-15-16-38-34(24-32)35(26-47(5,6)29-65-8)43(59(38)28-48(49,50)51)33-14-13-17-52-41(33)31(4)66-9/h10,13-17,24,27,30-31,36,42,53H,1,11-12,18-23,25-26,28-29H2,2-9H3,(H,55,62). The number of hydrazine groups is 1. The number of carbonyl (C=O) groups is 4. The average Bonchev–Trinajstić information content (AvgIpc) is 3.88. The van der Waals surface area contributed by atoms with Crippen molar-refractivity contribution < 1.29 is 41.8 Å². The van der Waals surface area contributed by atoms with Gasteiger partial charge in [0.2, 0.25) is 11.8 Å². The zero-order valence-corrected chi connectivity index (χ0v) is 40.6. The summed E-state index contributed by atoms with van der Waals surface area (Å²) in [4.78, 5) is 68.7. The van der Waals surface area contributed by atoms with Crippen LogP contribution in [0.4, 0.5) is 18.0 Å². The van der Waals surface area contributed by atoms with Gasteiger partial charge in [0.05, 0.1) is 34.8 Å². The number of thiazole rings is 1. The van der Waals surface area contributed by atoms with E-state index in [1.807, 2.05) is 46.1 Å². The number of methoxy groups -OCH3 is 2. The maximum atomic E-state index is 14.6. The number of hydrogen-bond acceptors (Lipinski definition) is 10. The molecule has 6 rings (SSSR count). The number of pyridine rings is 1. The van der Waals surface area contributed by atoms with Gasteiger partial charge in [0.1, 0.15) is 18.6 Å². The summed E-state index contributed by atoms with van der Waals surface area (Å²) in [7, 11) is 4.70. The van der Waals surface area contributed by atoms with Gasteiger partial charge in [-0.1, -0.05) is 40.3 Å². The van der Waals surface area contributed by atoms with E-state index in [0.29, 0.717) is 102 Å². The maximum absolute atomic E-state index is 14.6. The Bertz CT molecular complexity index is 2400. The molecule has 364 valence electrons. The quantitative estimate of drug-likeness (QED) is 0.108. The molecular formula is C48H64F3N9O6S. The van der Waals surface area contributed by atoms with Crippen LogP contribution in [0.2, 0.25) is 0 Å². The van der Waals surface area contributed by atoms with Gasteiger partial charge in [0, 0.05) is 101 Å². The lowest BCUT2D eigenvalue weighted by Gasteiger charge is -2.39. The second-order valence-corrected chi connectivity index (χ2v) is 19.4. The van der Waals surface area contributed by atoms with Crippen LogP contribution in [-0.4, -0.2) is 143 Å². The minimum absolute atomic E-state index is 0.0431. The number of fused-ring (bicyclic) bond motifs is 1. The molecule has 2 fully saturated rings. The van der Waals surface area contributed by atoms with Gasteiger partial charge in [-0.25, -0.2) is 15.2 Å². The fourth-order valence-electron chi connectivity index (χ4n) is 9.14. The molecule has 0 spiro atoms. The summed E-state index contributed by atoms with van der Waals surface area (Å²) in [6.45, 7) is 14.5. The maximum Gasteiger partial charge on any atom is 0.406 e. The number of aromatic nitrogens is 3. The molecule has 5 amide bonds. The molecule has 2 N–H and O–H groups in total. The number of nitrogens with one attached hydrogen (secondary N) is 2. The van der Waals surface area contributed by atoms with Crippen LogP contribution in [0.1, 0.15) is 69.8 Å². The monoisotopic (exact) mass is 951 g/mol. The Morgan fingerprint density at radius 2 is 1.75 bits per heavy atom. The highest BCUT2D eigenvalue weighted by Crippen LogP contribution is 2.43. The molecule has 3 atom stereocenters. The zero-order valence-electron chi connectivity index (χ0n) is 39.7. The normalized spacial score (nSPS) is 16.3. The van der Waals surface area contributed by atoms with Crippen LogP contribution in [0.5, 0.6) is 0 Å². The summed E-state index contributed by atoms with van der Waals surface area (Å²) in [5.41, 5.74) is 6.43. The summed E-state index contributed by atoms with van der Waals surface area (Å²) in [6.07, 6.45) is -0.115. The Morgan fingerprint density at radius 1 is 1.03 bits per heavy atom. The van der Waals surface area contributed by atoms with Gasteiger partial charge in [-0.05, 0) is 73.4 Å². The predicted molar refractivity (Wildman–Crippen MR) is 252 cm³/mol. The minimum atomic E-state index is -4.55. The Balaban J connectivity index is 1.35. The number of halogens is 3. The number of amides is 5. The second-order valence-electron chi connectivity index (χ2n) is 18.4. The number of ether oxygens (including phenoxy) is 2. The lowest BCUT2D eigenvalue weighted by molar-refractivity contribution is -0.141. The van der Waals surface area contributed by atoms with Crippen LogP contribution in [0.25, 0.3) is 33.4 Å². The number of carbonyl (C=O) groups excluding carboxylic acids is 4. The fourth-order valence-corrected chi connectivity index (χ4v) is 9.99. The number of hydrogen-bond donors (Lipinski definition) is 2. The van der Waals surface area contributed by atoms with Crippen molar-refractivity contribution in [3.8, 4) is 22.5 Å². The molecule has 15 nitrogen and oxygen atoms in total. The largest absolute Gasteiger partial charge is 0.406 e. The van der Waals surface area contributed by atoms with E-state index in [4.69, 9.17) is 14.5 Å². The van der Waals surface area contributed by atoms with Crippen LogP contribution in [0.3, 0.4) is 0 Å². The summed E-state index contributed by atoms with van der Waals surface area (Å²) < 4.78 is 56.2. The Hall–Kier alpha value is -5.37. The van der Waals surface area contributed by atoms with Gasteiger partial charge in [-0.15, -0.1) is 11.3 Å². The van der Waals surface area contributed by atoms with Gasteiger partial charge in [-0.2, -0.15) is 13.2 Å². The van der Waals surface area contributed by atoms with E-state index in [2.05, 4.69) is 22.3 Å². The highest BCUT2D eigenvalue weighted by molar-refractivity contribution is 7.10. The number of benzene rings is 1. The highest BCUT2D eigenvalue weighted by Gasteiger charge is 2.38. The van der Waals surface area contributed by atoms with Crippen molar-refractivity contribution in [1.29, 1.82) is 0 Å². The third kappa shape index (κ3) is 12.0. The summed E-state index contributed by atoms with van der Waals surface area (Å²) >= 11 is 1.31. The molecule has 3 unspecified atom stereocenters. The first-order chi connectivity index (χ1) is 31.8. The molecular weight excluding hydrogens is 888 g/mol. The first-order valence-corrected chi connectivity index (χ1v) is 23.6. The van der Waals surface area contributed by atoms with Gasteiger partial charge >= 0.3 is 12.2 Å². The number of nitrogens with zero attached hydrogens (tertiary/aromatic N) is 7. The Kier molecular flexibility index (Phi) is 16.5. The number of rotatable bonds is 17. The summed E-state index contributed by atoms with van der Waals surface area (Å²) in [5.74, 6) is -1.37. The topological polar surface area (TPSA) is 154 Å². The van der Waals surface area contributed by atoms with Crippen molar-refractivity contribution >= 4 is 46.0 Å². The molecule has 5 heterocycles. The molecule has 0 radical (unpaired) electrons. The van der Waals surface area contributed by atoms with E-state index in [0.717, 1.165) is 12.8 Å². The molecule has 0 aliphatic carbocycles. The number of urea groups is 1. The molecule has 0 bridgehead atoms. The molecule has 2 saturated heterocycles. The lowest BCUT2D eigenvalue weighted by atomic mass is 9.84. The zero-order chi connectivity index (χ0) is 48.8. The molecule has 67 heavy (non-hydrogen) atoms. The average molecular weight is 952 g/mol. The third-order valence-corrected chi connectivity index (χ3v) is 13.3. The minimum Gasteiger partial charge on any atom is -0.384 e. The summed E-state index contributed by atoms with van der Waals surface area (Å²) in [5, 5.41) is 7.52. The SMILES string of the molecule is C=CC(=O)N1CCN(C(=O)N(C)C(C(=O)NC(Cc2nc(-c3ccc4c(c3)c(CC(C)(C)COC)c(-c3cccnc3C(C)OC)n4CC(F)(F)F)cs2)C(=O)N2CCCCN2)C(C)C)CC1. The molecule has 1 aromatic carbocycles. The van der Waals surface area contributed by atoms with Crippen molar-refractivity contribution in [1.82, 2.24) is 45.0 Å². The smallest absolute Gasteiger partial charge is 0.384 e. The van der Waals surface area contributed by atoms with Crippen LogP contribution in [0, 0.1) is 11.3 Å². The van der Waals surface area contributed by atoms with Gasteiger partial charge in [0.15, 0.2) is 0 Å². The second kappa shape index (κ2) is 21.7. The fraction of sp³-hybridized carbons (Fsp3) is 0.542. The van der Waals surface area contributed by atoms with E-state index in [-0.39, 0.29) is 30.2 Å². The van der Waals surface area contributed by atoms with Crippen molar-refractivity contribution in [3.63, 3.8) is 0 Å². The van der Waals surface area contributed by atoms with Crippen LogP contribution in [0.15, 0.2) is 54.6 Å². The third-order valence-electron chi connectivity index (χ3n) is 12.4. The molecule has 0 saturated carbocycles. The van der Waals surface area contributed by atoms with Gasteiger partial charge < -0.3 is 34.1 Å². The Morgan fingerprint density at radius 3 is 2.37 bits per heavy atom. The molecule has 4 aromatic rings. The molecule has 19 heteroatoms. The molecule has 3 aromatic heterocycles. The van der Waals surface area contributed by atoms with Crippen LogP contribution < -0.4 is 10.7 Å². The number of piperazine rings is 1. The first-order valence-electron chi connectivity index (χ1n) is 22.7. The Labute approximate surface area is 394 Å². The number of likely N-dealkylation sites (N-methyl/N-ethyl adjacent to an activating group) is 1. The van der Waals surface area contributed by atoms with Gasteiger partial charge in [-0.3, -0.25) is 24.4 Å². The number of alkyl halides is 3. The summed E-state index contributed by atoms with van der Waals surface area (Å²) in [6, 6.07) is 6.48. The predicted octanol–water partition coefficient (Wildman–Crippen LogP) is 6.87. The first kappa shape index (κ1) is 51.0.